The van der Waals surface area contributed by atoms with Crippen molar-refractivity contribution < 1.29 is 16.8 Å². The van der Waals surface area contributed by atoms with E-state index >= 15 is 0 Å². The summed E-state index contributed by atoms with van der Waals surface area (Å²) in [5, 5.41) is 3.05. The number of hydrogen-bond acceptors (Lipinski definition) is 5. The van der Waals surface area contributed by atoms with E-state index in [1.54, 1.807) is 0 Å². The molecule has 20 heavy (non-hydrogen) atoms. The number of rotatable bonds is 8. The van der Waals surface area contributed by atoms with E-state index in [1.165, 1.54) is 24.3 Å². The summed E-state index contributed by atoms with van der Waals surface area (Å²) in [6.07, 6.45) is 1.62. The highest BCUT2D eigenvalue weighted by molar-refractivity contribution is 7.92. The van der Waals surface area contributed by atoms with Crippen LogP contribution in [-0.2, 0) is 19.9 Å². The van der Waals surface area contributed by atoms with Crippen molar-refractivity contribution in [3.63, 3.8) is 0 Å². The van der Waals surface area contributed by atoms with Crippen LogP contribution in [0.4, 0.5) is 5.69 Å². The molecule has 0 heterocycles. The van der Waals surface area contributed by atoms with Crippen LogP contribution in [0.25, 0.3) is 0 Å². The second kappa shape index (κ2) is 7.05. The molecule has 0 radical (unpaired) electrons. The van der Waals surface area contributed by atoms with Crippen molar-refractivity contribution in [2.45, 2.75) is 18.2 Å². The van der Waals surface area contributed by atoms with Gasteiger partial charge in [0, 0.05) is 11.9 Å². The minimum Gasteiger partial charge on any atom is -0.317 e. The topological polar surface area (TPSA) is 92.3 Å². The van der Waals surface area contributed by atoms with Gasteiger partial charge >= 0.3 is 0 Å². The lowest BCUT2D eigenvalue weighted by molar-refractivity contribution is 0.595. The summed E-state index contributed by atoms with van der Waals surface area (Å²) in [4.78, 5) is 0.160. The van der Waals surface area contributed by atoms with Crippen LogP contribution >= 0.6 is 0 Å². The molecule has 1 rings (SSSR count). The van der Waals surface area contributed by atoms with Crippen molar-refractivity contribution >= 4 is 25.5 Å². The molecule has 0 saturated heterocycles. The van der Waals surface area contributed by atoms with Gasteiger partial charge in [0.05, 0.1) is 10.6 Å². The number of anilines is 1. The smallest absolute Gasteiger partial charge is 0.232 e. The normalized spacial score (nSPS) is 12.3. The lowest BCUT2D eigenvalue weighted by Crippen LogP contribution is -2.21. The molecule has 0 aliphatic rings. The predicted octanol–water partition coefficient (Wildman–Crippen LogP) is 0.831. The summed E-state index contributed by atoms with van der Waals surface area (Å²) in [6, 6.07) is 5.65. The Morgan fingerprint density at radius 2 is 1.65 bits per heavy atom. The Hall–Kier alpha value is -1.12. The number of sulfonamides is 1. The molecule has 0 atom stereocenters. The molecule has 8 heteroatoms. The van der Waals surface area contributed by atoms with Gasteiger partial charge in [0.25, 0.3) is 0 Å². The second-order valence-corrected chi connectivity index (χ2v) is 8.28. The molecular formula is C12H20N2O4S2. The van der Waals surface area contributed by atoms with Gasteiger partial charge in [-0.2, -0.15) is 0 Å². The zero-order valence-electron chi connectivity index (χ0n) is 11.6. The van der Waals surface area contributed by atoms with Crippen LogP contribution in [0.3, 0.4) is 0 Å². The fraction of sp³-hybridized carbons (Fsp3) is 0.500. The molecular weight excluding hydrogens is 300 g/mol. The summed E-state index contributed by atoms with van der Waals surface area (Å²) in [5.74, 6) is 0.0217. The van der Waals surface area contributed by atoms with E-state index in [2.05, 4.69) is 10.0 Å². The Morgan fingerprint density at radius 1 is 1.05 bits per heavy atom. The largest absolute Gasteiger partial charge is 0.317 e. The molecule has 0 aromatic heterocycles. The fourth-order valence-corrected chi connectivity index (χ4v) is 3.32. The van der Waals surface area contributed by atoms with Gasteiger partial charge in [-0.1, -0.05) is 6.92 Å². The maximum absolute atomic E-state index is 11.8. The maximum atomic E-state index is 11.8. The Morgan fingerprint density at radius 3 is 2.15 bits per heavy atom. The number of benzene rings is 1. The van der Waals surface area contributed by atoms with Crippen molar-refractivity contribution in [3.05, 3.63) is 24.3 Å². The van der Waals surface area contributed by atoms with E-state index in [0.717, 1.165) is 12.8 Å². The van der Waals surface area contributed by atoms with Gasteiger partial charge in [-0.15, -0.1) is 0 Å². The third-order valence-electron chi connectivity index (χ3n) is 2.57. The van der Waals surface area contributed by atoms with E-state index in [-0.39, 0.29) is 10.6 Å². The third kappa shape index (κ3) is 5.89. The molecule has 1 aromatic carbocycles. The molecule has 2 N–H and O–H groups in total. The van der Waals surface area contributed by atoms with Gasteiger partial charge in [0.1, 0.15) is 0 Å². The minimum atomic E-state index is -3.40. The predicted molar refractivity (Wildman–Crippen MR) is 80.1 cm³/mol. The number of hydrogen-bond donors (Lipinski definition) is 2. The van der Waals surface area contributed by atoms with Crippen molar-refractivity contribution in [2.75, 3.05) is 29.8 Å². The summed E-state index contributed by atoms with van der Waals surface area (Å²) < 4.78 is 48.6. The van der Waals surface area contributed by atoms with Crippen molar-refractivity contribution in [1.29, 1.82) is 0 Å². The first-order valence-corrected chi connectivity index (χ1v) is 9.80. The number of sulfone groups is 1. The van der Waals surface area contributed by atoms with Gasteiger partial charge in [-0.25, -0.2) is 16.8 Å². The molecule has 0 bridgehead atoms. The first kappa shape index (κ1) is 16.9. The van der Waals surface area contributed by atoms with Crippen molar-refractivity contribution in [2.24, 2.45) is 0 Å². The van der Waals surface area contributed by atoms with Crippen LogP contribution in [0.15, 0.2) is 29.2 Å². The standard InChI is InChI=1S/C12H20N2O4S2/c1-3-13-9-4-10-20(17,18)14-11-5-7-12(8-6-11)19(2,15)16/h5-8,13-14H,3-4,9-10H2,1-2H3. The molecule has 0 aliphatic heterocycles. The Labute approximate surface area is 120 Å². The van der Waals surface area contributed by atoms with Gasteiger partial charge < -0.3 is 5.32 Å². The highest BCUT2D eigenvalue weighted by Crippen LogP contribution is 2.15. The third-order valence-corrected chi connectivity index (χ3v) is 5.07. The van der Waals surface area contributed by atoms with Gasteiger partial charge in [0.2, 0.25) is 10.0 Å². The first-order chi connectivity index (χ1) is 9.24. The summed E-state index contributed by atoms with van der Waals surface area (Å²) in [7, 11) is -6.67. The van der Waals surface area contributed by atoms with Gasteiger partial charge in [0.15, 0.2) is 9.84 Å². The molecule has 6 nitrogen and oxygen atoms in total. The monoisotopic (exact) mass is 320 g/mol. The van der Waals surface area contributed by atoms with Crippen LogP contribution in [0.1, 0.15) is 13.3 Å². The average molecular weight is 320 g/mol. The van der Waals surface area contributed by atoms with Gasteiger partial charge in [-0.05, 0) is 43.8 Å². The second-order valence-electron chi connectivity index (χ2n) is 4.42. The molecule has 0 aliphatic carbocycles. The Bertz CT molecular complexity index is 622. The highest BCUT2D eigenvalue weighted by Gasteiger charge is 2.11. The Kier molecular flexibility index (Phi) is 5.97. The zero-order chi connectivity index (χ0) is 15.2. The first-order valence-electron chi connectivity index (χ1n) is 6.26. The van der Waals surface area contributed by atoms with E-state index in [4.69, 9.17) is 0 Å². The molecule has 0 amide bonds. The molecule has 0 unspecified atom stereocenters. The minimum absolute atomic E-state index is 0.0217. The zero-order valence-corrected chi connectivity index (χ0v) is 13.2. The quantitative estimate of drug-likeness (QED) is 0.692. The fourth-order valence-electron chi connectivity index (χ4n) is 1.56. The molecule has 0 spiro atoms. The van der Waals surface area contributed by atoms with Crippen LogP contribution in [0.5, 0.6) is 0 Å². The lowest BCUT2D eigenvalue weighted by Gasteiger charge is -2.08. The molecule has 114 valence electrons. The molecule has 0 fully saturated rings. The summed E-state index contributed by atoms with van der Waals surface area (Å²) in [5.41, 5.74) is 0.362. The Balaban J connectivity index is 2.64. The molecule has 0 saturated carbocycles. The van der Waals surface area contributed by atoms with E-state index in [1.807, 2.05) is 6.92 Å². The van der Waals surface area contributed by atoms with E-state index < -0.39 is 19.9 Å². The van der Waals surface area contributed by atoms with E-state index in [0.29, 0.717) is 18.7 Å². The lowest BCUT2D eigenvalue weighted by atomic mass is 10.3. The van der Waals surface area contributed by atoms with Crippen LogP contribution in [0.2, 0.25) is 0 Å². The molecule has 1 aromatic rings. The average Bonchev–Trinajstić information content (AvgIpc) is 2.34. The van der Waals surface area contributed by atoms with Crippen LogP contribution in [0, 0.1) is 0 Å². The highest BCUT2D eigenvalue weighted by atomic mass is 32.2. The van der Waals surface area contributed by atoms with E-state index in [9.17, 15) is 16.8 Å². The van der Waals surface area contributed by atoms with Crippen LogP contribution < -0.4 is 10.0 Å². The summed E-state index contributed by atoms with van der Waals surface area (Å²) in [6.45, 7) is 3.40. The van der Waals surface area contributed by atoms with Gasteiger partial charge in [-0.3, -0.25) is 4.72 Å². The van der Waals surface area contributed by atoms with Crippen molar-refractivity contribution in [3.8, 4) is 0 Å². The maximum Gasteiger partial charge on any atom is 0.232 e. The summed E-state index contributed by atoms with van der Waals surface area (Å²) >= 11 is 0. The van der Waals surface area contributed by atoms with Crippen molar-refractivity contribution in [1.82, 2.24) is 5.32 Å². The SMILES string of the molecule is CCNCCCS(=O)(=O)Nc1ccc(S(C)(=O)=O)cc1. The van der Waals surface area contributed by atoms with Crippen LogP contribution in [-0.4, -0.2) is 41.9 Å². The number of nitrogens with one attached hydrogen (secondary N) is 2.